The van der Waals surface area contributed by atoms with Crippen LogP contribution in [0.15, 0.2) is 24.3 Å². The Kier molecular flexibility index (Phi) is 4.24. The molecule has 6 heteroatoms. The van der Waals surface area contributed by atoms with Crippen LogP contribution in [-0.2, 0) is 11.3 Å². The molecule has 0 N–H and O–H groups in total. The van der Waals surface area contributed by atoms with Crippen molar-refractivity contribution in [2.75, 3.05) is 19.1 Å². The van der Waals surface area contributed by atoms with Gasteiger partial charge in [-0.1, -0.05) is 11.3 Å². The van der Waals surface area contributed by atoms with E-state index in [2.05, 4.69) is 4.98 Å². The standard InChI is InChI=1S/C13H13FN2O2S/c1-16(10-5-3-9(14)4-6-10)13-15-11(8-18-2)12(7-17)19-13/h3-7H,8H2,1-2H3. The van der Waals surface area contributed by atoms with Crippen LogP contribution in [0.5, 0.6) is 0 Å². The third-order valence-electron chi connectivity index (χ3n) is 2.61. The third-order valence-corrected chi connectivity index (χ3v) is 3.70. The first-order valence-corrected chi connectivity index (χ1v) is 6.40. The first kappa shape index (κ1) is 13.6. The Bertz CT molecular complexity index is 569. The number of rotatable bonds is 5. The largest absolute Gasteiger partial charge is 0.378 e. The highest BCUT2D eigenvalue weighted by atomic mass is 32.1. The Labute approximate surface area is 114 Å². The molecule has 0 aliphatic heterocycles. The molecular weight excluding hydrogens is 267 g/mol. The second-order valence-corrected chi connectivity index (χ2v) is 4.90. The molecule has 1 aromatic heterocycles. The molecule has 0 amide bonds. The number of aromatic nitrogens is 1. The quantitative estimate of drug-likeness (QED) is 0.790. The molecule has 1 heterocycles. The predicted molar refractivity (Wildman–Crippen MR) is 72.7 cm³/mol. The molecule has 0 aliphatic rings. The summed E-state index contributed by atoms with van der Waals surface area (Å²) in [5.74, 6) is -0.287. The van der Waals surface area contributed by atoms with Gasteiger partial charge in [0.05, 0.1) is 17.2 Å². The van der Waals surface area contributed by atoms with E-state index in [1.54, 1.807) is 24.1 Å². The lowest BCUT2D eigenvalue weighted by Gasteiger charge is -2.15. The van der Waals surface area contributed by atoms with Gasteiger partial charge in [-0.05, 0) is 24.3 Å². The minimum atomic E-state index is -0.287. The van der Waals surface area contributed by atoms with Crippen LogP contribution in [0.1, 0.15) is 15.4 Å². The van der Waals surface area contributed by atoms with Crippen molar-refractivity contribution >= 4 is 28.4 Å². The van der Waals surface area contributed by atoms with Crippen LogP contribution in [0.3, 0.4) is 0 Å². The average Bonchev–Trinajstić information content (AvgIpc) is 2.82. The molecule has 2 aromatic rings. The summed E-state index contributed by atoms with van der Waals surface area (Å²) in [6, 6.07) is 6.09. The first-order chi connectivity index (χ1) is 9.15. The zero-order valence-electron chi connectivity index (χ0n) is 10.6. The van der Waals surface area contributed by atoms with E-state index in [9.17, 15) is 9.18 Å². The summed E-state index contributed by atoms with van der Waals surface area (Å²) in [6.07, 6.45) is 0.772. The minimum absolute atomic E-state index is 0.287. The highest BCUT2D eigenvalue weighted by molar-refractivity contribution is 7.17. The normalized spacial score (nSPS) is 10.5. The Morgan fingerprint density at radius 2 is 2.11 bits per heavy atom. The molecule has 4 nitrogen and oxygen atoms in total. The minimum Gasteiger partial charge on any atom is -0.378 e. The van der Waals surface area contributed by atoms with Crippen molar-refractivity contribution in [1.29, 1.82) is 0 Å². The lowest BCUT2D eigenvalue weighted by Crippen LogP contribution is -2.09. The molecule has 0 aliphatic carbocycles. The second-order valence-electron chi connectivity index (χ2n) is 3.89. The topological polar surface area (TPSA) is 42.4 Å². The van der Waals surface area contributed by atoms with Crippen molar-refractivity contribution in [2.24, 2.45) is 0 Å². The van der Waals surface area contributed by atoms with Gasteiger partial charge in [0.1, 0.15) is 5.82 Å². The summed E-state index contributed by atoms with van der Waals surface area (Å²) in [4.78, 5) is 17.7. The molecular formula is C13H13FN2O2S. The number of carbonyl (C=O) groups excluding carboxylic acids is 1. The van der Waals surface area contributed by atoms with E-state index < -0.39 is 0 Å². The number of methoxy groups -OCH3 is 1. The molecule has 1 aromatic carbocycles. The van der Waals surface area contributed by atoms with Gasteiger partial charge >= 0.3 is 0 Å². The SMILES string of the molecule is COCc1nc(N(C)c2ccc(F)cc2)sc1C=O. The van der Waals surface area contributed by atoms with Crippen LogP contribution in [0.4, 0.5) is 15.2 Å². The molecule has 0 unspecified atom stereocenters. The van der Waals surface area contributed by atoms with Crippen molar-refractivity contribution in [3.8, 4) is 0 Å². The van der Waals surface area contributed by atoms with Crippen LogP contribution in [0, 0.1) is 5.82 Å². The average molecular weight is 280 g/mol. The van der Waals surface area contributed by atoms with Gasteiger partial charge in [0.2, 0.25) is 0 Å². The number of hydrogen-bond acceptors (Lipinski definition) is 5. The van der Waals surface area contributed by atoms with E-state index >= 15 is 0 Å². The van der Waals surface area contributed by atoms with Gasteiger partial charge in [0.25, 0.3) is 0 Å². The molecule has 0 radical (unpaired) electrons. The number of hydrogen-bond donors (Lipinski definition) is 0. The molecule has 19 heavy (non-hydrogen) atoms. The molecule has 100 valence electrons. The summed E-state index contributed by atoms with van der Waals surface area (Å²) >= 11 is 1.28. The zero-order valence-corrected chi connectivity index (χ0v) is 11.4. The number of ether oxygens (including phenoxy) is 1. The number of anilines is 2. The fraction of sp³-hybridized carbons (Fsp3) is 0.231. The van der Waals surface area contributed by atoms with Gasteiger partial charge < -0.3 is 9.64 Å². The number of carbonyl (C=O) groups is 1. The van der Waals surface area contributed by atoms with E-state index in [0.29, 0.717) is 22.3 Å². The van der Waals surface area contributed by atoms with E-state index in [-0.39, 0.29) is 5.82 Å². The fourth-order valence-corrected chi connectivity index (χ4v) is 2.47. The maximum atomic E-state index is 12.9. The van der Waals surface area contributed by atoms with Gasteiger partial charge in [-0.3, -0.25) is 4.79 Å². The van der Waals surface area contributed by atoms with Gasteiger partial charge in [-0.25, -0.2) is 9.37 Å². The predicted octanol–water partition coefficient (Wildman–Crippen LogP) is 3.01. The van der Waals surface area contributed by atoms with Gasteiger partial charge in [0, 0.05) is 19.8 Å². The molecule has 0 bridgehead atoms. The number of thiazole rings is 1. The Balaban J connectivity index is 2.30. The van der Waals surface area contributed by atoms with Crippen LogP contribution < -0.4 is 4.90 Å². The highest BCUT2D eigenvalue weighted by Crippen LogP contribution is 2.30. The van der Waals surface area contributed by atoms with Crippen LogP contribution in [0.25, 0.3) is 0 Å². The first-order valence-electron chi connectivity index (χ1n) is 5.59. The molecule has 0 saturated carbocycles. The van der Waals surface area contributed by atoms with Crippen molar-refractivity contribution in [2.45, 2.75) is 6.61 Å². The van der Waals surface area contributed by atoms with E-state index in [1.165, 1.54) is 23.5 Å². The lowest BCUT2D eigenvalue weighted by atomic mass is 10.3. The monoisotopic (exact) mass is 280 g/mol. The smallest absolute Gasteiger partial charge is 0.190 e. The summed E-state index contributed by atoms with van der Waals surface area (Å²) in [7, 11) is 3.37. The van der Waals surface area contributed by atoms with Crippen molar-refractivity contribution in [3.05, 3.63) is 40.7 Å². The molecule has 0 fully saturated rings. The Morgan fingerprint density at radius 3 is 2.68 bits per heavy atom. The maximum absolute atomic E-state index is 12.9. The zero-order chi connectivity index (χ0) is 13.8. The third kappa shape index (κ3) is 2.97. The van der Waals surface area contributed by atoms with Gasteiger partial charge in [0.15, 0.2) is 11.4 Å². The van der Waals surface area contributed by atoms with Crippen molar-refractivity contribution in [1.82, 2.24) is 4.98 Å². The molecule has 0 atom stereocenters. The fourth-order valence-electron chi connectivity index (χ4n) is 1.60. The highest BCUT2D eigenvalue weighted by Gasteiger charge is 2.14. The second kappa shape index (κ2) is 5.90. The summed E-state index contributed by atoms with van der Waals surface area (Å²) in [5.41, 5.74) is 1.42. The molecule has 2 rings (SSSR count). The summed E-state index contributed by atoms with van der Waals surface area (Å²) < 4.78 is 17.9. The van der Waals surface area contributed by atoms with Crippen LogP contribution in [-0.4, -0.2) is 25.4 Å². The van der Waals surface area contributed by atoms with Gasteiger partial charge in [-0.2, -0.15) is 0 Å². The summed E-state index contributed by atoms with van der Waals surface area (Å²) in [6.45, 7) is 0.293. The van der Waals surface area contributed by atoms with Crippen LogP contribution in [0.2, 0.25) is 0 Å². The number of aldehydes is 1. The number of nitrogens with zero attached hydrogens (tertiary/aromatic N) is 2. The summed E-state index contributed by atoms with van der Waals surface area (Å²) in [5, 5.41) is 0.667. The Morgan fingerprint density at radius 1 is 1.42 bits per heavy atom. The van der Waals surface area contributed by atoms with Crippen molar-refractivity contribution in [3.63, 3.8) is 0 Å². The lowest BCUT2D eigenvalue weighted by molar-refractivity contribution is 0.112. The Hall–Kier alpha value is -1.79. The van der Waals surface area contributed by atoms with E-state index in [1.807, 2.05) is 7.05 Å². The molecule has 0 saturated heterocycles. The van der Waals surface area contributed by atoms with Crippen LogP contribution >= 0.6 is 11.3 Å². The van der Waals surface area contributed by atoms with Gasteiger partial charge in [-0.15, -0.1) is 0 Å². The number of benzene rings is 1. The molecule has 0 spiro atoms. The van der Waals surface area contributed by atoms with E-state index in [0.717, 1.165) is 12.0 Å². The van der Waals surface area contributed by atoms with Crippen molar-refractivity contribution < 1.29 is 13.9 Å². The van der Waals surface area contributed by atoms with E-state index in [4.69, 9.17) is 4.74 Å². The number of halogens is 1. The maximum Gasteiger partial charge on any atom is 0.190 e.